The number of amides is 1. The van der Waals surface area contributed by atoms with Gasteiger partial charge in [-0.2, -0.15) is 0 Å². The highest BCUT2D eigenvalue weighted by atomic mass is 35.5. The Kier molecular flexibility index (Phi) is 4.92. The first-order valence-electron chi connectivity index (χ1n) is 5.99. The summed E-state index contributed by atoms with van der Waals surface area (Å²) in [5, 5.41) is 4.36. The van der Waals surface area contributed by atoms with Gasteiger partial charge in [0.1, 0.15) is 0 Å². The molecule has 0 radical (unpaired) electrons. The Hall–Kier alpha value is -1.22. The molecular formula is C15H12Cl3NO. The quantitative estimate of drug-likeness (QED) is 0.830. The molecule has 0 spiro atoms. The second-order valence-corrected chi connectivity index (χ2v) is 5.59. The van der Waals surface area contributed by atoms with Crippen molar-refractivity contribution in [3.8, 4) is 0 Å². The van der Waals surface area contributed by atoms with E-state index in [0.717, 1.165) is 5.56 Å². The number of carbonyl (C=O) groups excluding carboxylic acids is 1. The van der Waals surface area contributed by atoms with Gasteiger partial charge in [0.05, 0.1) is 16.6 Å². The van der Waals surface area contributed by atoms with E-state index in [1.807, 2.05) is 6.92 Å². The van der Waals surface area contributed by atoms with Crippen LogP contribution in [-0.2, 0) is 0 Å². The molecule has 2 aromatic carbocycles. The van der Waals surface area contributed by atoms with Crippen LogP contribution in [-0.4, -0.2) is 5.91 Å². The lowest BCUT2D eigenvalue weighted by Gasteiger charge is -2.16. The molecule has 0 heterocycles. The number of carbonyl (C=O) groups is 1. The highest BCUT2D eigenvalue weighted by molar-refractivity contribution is 6.35. The second-order valence-electron chi connectivity index (χ2n) is 4.34. The van der Waals surface area contributed by atoms with Gasteiger partial charge < -0.3 is 5.32 Å². The van der Waals surface area contributed by atoms with Crippen LogP contribution < -0.4 is 5.32 Å². The topological polar surface area (TPSA) is 29.1 Å². The van der Waals surface area contributed by atoms with Gasteiger partial charge in [-0.3, -0.25) is 4.79 Å². The predicted octanol–water partition coefficient (Wildman–Crippen LogP) is 5.14. The van der Waals surface area contributed by atoms with E-state index in [0.29, 0.717) is 20.6 Å². The first kappa shape index (κ1) is 15.2. The summed E-state index contributed by atoms with van der Waals surface area (Å²) in [5.74, 6) is -0.242. The first-order valence-corrected chi connectivity index (χ1v) is 7.13. The molecule has 0 saturated carbocycles. The first-order chi connectivity index (χ1) is 9.49. The van der Waals surface area contributed by atoms with E-state index in [9.17, 15) is 4.79 Å². The normalized spacial score (nSPS) is 12.0. The average Bonchev–Trinajstić information content (AvgIpc) is 2.38. The molecule has 0 aliphatic carbocycles. The van der Waals surface area contributed by atoms with Crippen molar-refractivity contribution in [2.24, 2.45) is 0 Å². The van der Waals surface area contributed by atoms with Crippen molar-refractivity contribution in [3.05, 3.63) is 68.7 Å². The fourth-order valence-electron chi connectivity index (χ4n) is 1.85. The predicted molar refractivity (Wildman–Crippen MR) is 83.8 cm³/mol. The Bertz CT molecular complexity index is 643. The van der Waals surface area contributed by atoms with Gasteiger partial charge in [-0.05, 0) is 36.8 Å². The lowest BCUT2D eigenvalue weighted by molar-refractivity contribution is 0.0940. The van der Waals surface area contributed by atoms with Crippen LogP contribution in [0.1, 0.15) is 28.9 Å². The van der Waals surface area contributed by atoms with Crippen LogP contribution in [0.3, 0.4) is 0 Å². The van der Waals surface area contributed by atoms with Crippen LogP contribution >= 0.6 is 34.8 Å². The molecule has 1 unspecified atom stereocenters. The Labute approximate surface area is 132 Å². The highest BCUT2D eigenvalue weighted by Crippen LogP contribution is 2.26. The summed E-state index contributed by atoms with van der Waals surface area (Å²) >= 11 is 18.0. The molecule has 2 rings (SSSR count). The van der Waals surface area contributed by atoms with Gasteiger partial charge in [0, 0.05) is 10.0 Å². The summed E-state index contributed by atoms with van der Waals surface area (Å²) in [6.07, 6.45) is 0. The minimum Gasteiger partial charge on any atom is -0.345 e. The number of rotatable bonds is 3. The monoisotopic (exact) mass is 327 g/mol. The van der Waals surface area contributed by atoms with Crippen molar-refractivity contribution >= 4 is 40.7 Å². The van der Waals surface area contributed by atoms with Crippen LogP contribution in [0.25, 0.3) is 0 Å². The van der Waals surface area contributed by atoms with E-state index in [1.54, 1.807) is 42.5 Å². The zero-order valence-electron chi connectivity index (χ0n) is 10.7. The van der Waals surface area contributed by atoms with E-state index in [-0.39, 0.29) is 11.9 Å². The third kappa shape index (κ3) is 3.45. The van der Waals surface area contributed by atoms with E-state index in [1.165, 1.54) is 0 Å². The zero-order chi connectivity index (χ0) is 14.7. The van der Waals surface area contributed by atoms with E-state index in [4.69, 9.17) is 34.8 Å². The van der Waals surface area contributed by atoms with E-state index in [2.05, 4.69) is 5.32 Å². The van der Waals surface area contributed by atoms with Gasteiger partial charge in [-0.1, -0.05) is 53.0 Å². The zero-order valence-corrected chi connectivity index (χ0v) is 12.9. The van der Waals surface area contributed by atoms with Gasteiger partial charge >= 0.3 is 0 Å². The molecule has 0 bridgehead atoms. The SMILES string of the molecule is CC(NC(=O)c1ccccc1Cl)c1ccc(Cl)cc1Cl. The molecule has 1 amide bonds. The second kappa shape index (κ2) is 6.49. The molecule has 0 aliphatic heterocycles. The van der Waals surface area contributed by atoms with Gasteiger partial charge in [-0.15, -0.1) is 0 Å². The van der Waals surface area contributed by atoms with Gasteiger partial charge in [0.15, 0.2) is 0 Å². The maximum absolute atomic E-state index is 12.2. The standard InChI is InChI=1S/C15H12Cl3NO/c1-9(11-7-6-10(16)8-14(11)18)19-15(20)12-4-2-3-5-13(12)17/h2-9H,1H3,(H,19,20). The number of benzene rings is 2. The maximum Gasteiger partial charge on any atom is 0.253 e. The molecule has 0 aliphatic rings. The number of hydrogen-bond donors (Lipinski definition) is 1. The summed E-state index contributed by atoms with van der Waals surface area (Å²) in [7, 11) is 0. The summed E-state index contributed by atoms with van der Waals surface area (Å²) in [5.41, 5.74) is 1.24. The molecule has 5 heteroatoms. The summed E-state index contributed by atoms with van der Waals surface area (Å²) in [6, 6.07) is 11.8. The minimum absolute atomic E-state index is 0.242. The molecular weight excluding hydrogens is 317 g/mol. The van der Waals surface area contributed by atoms with E-state index < -0.39 is 0 Å². The molecule has 0 saturated heterocycles. The van der Waals surface area contributed by atoms with Gasteiger partial charge in [0.25, 0.3) is 5.91 Å². The van der Waals surface area contributed by atoms with Gasteiger partial charge in [-0.25, -0.2) is 0 Å². The molecule has 1 atom stereocenters. The fourth-order valence-corrected chi connectivity index (χ4v) is 2.64. The molecule has 0 aromatic heterocycles. The maximum atomic E-state index is 12.2. The summed E-state index contributed by atoms with van der Waals surface area (Å²) in [6.45, 7) is 1.85. The van der Waals surface area contributed by atoms with Crippen LogP contribution in [0.4, 0.5) is 0 Å². The van der Waals surface area contributed by atoms with Crippen molar-refractivity contribution in [2.75, 3.05) is 0 Å². The van der Waals surface area contributed by atoms with Crippen molar-refractivity contribution in [1.29, 1.82) is 0 Å². The average molecular weight is 329 g/mol. The Morgan fingerprint density at radius 1 is 1.05 bits per heavy atom. The van der Waals surface area contributed by atoms with Gasteiger partial charge in [0.2, 0.25) is 0 Å². The van der Waals surface area contributed by atoms with Crippen LogP contribution in [0.2, 0.25) is 15.1 Å². The summed E-state index contributed by atoms with van der Waals surface area (Å²) < 4.78 is 0. The van der Waals surface area contributed by atoms with Crippen LogP contribution in [0.5, 0.6) is 0 Å². The Balaban J connectivity index is 2.17. The number of nitrogens with one attached hydrogen (secondary N) is 1. The molecule has 20 heavy (non-hydrogen) atoms. The van der Waals surface area contributed by atoms with Crippen molar-refractivity contribution in [3.63, 3.8) is 0 Å². The third-order valence-electron chi connectivity index (χ3n) is 2.90. The Morgan fingerprint density at radius 3 is 2.40 bits per heavy atom. The van der Waals surface area contributed by atoms with Crippen molar-refractivity contribution in [2.45, 2.75) is 13.0 Å². The largest absolute Gasteiger partial charge is 0.345 e. The lowest BCUT2D eigenvalue weighted by Crippen LogP contribution is -2.27. The summed E-state index contributed by atoms with van der Waals surface area (Å²) in [4.78, 5) is 12.2. The smallest absolute Gasteiger partial charge is 0.253 e. The minimum atomic E-state index is -0.247. The highest BCUT2D eigenvalue weighted by Gasteiger charge is 2.15. The lowest BCUT2D eigenvalue weighted by atomic mass is 10.1. The van der Waals surface area contributed by atoms with Crippen molar-refractivity contribution in [1.82, 2.24) is 5.32 Å². The van der Waals surface area contributed by atoms with E-state index >= 15 is 0 Å². The third-order valence-corrected chi connectivity index (χ3v) is 3.79. The molecule has 104 valence electrons. The Morgan fingerprint density at radius 2 is 1.75 bits per heavy atom. The number of halogens is 3. The number of hydrogen-bond acceptors (Lipinski definition) is 1. The van der Waals surface area contributed by atoms with Crippen LogP contribution in [0, 0.1) is 0 Å². The molecule has 1 N–H and O–H groups in total. The van der Waals surface area contributed by atoms with Crippen LogP contribution in [0.15, 0.2) is 42.5 Å². The fraction of sp³-hybridized carbons (Fsp3) is 0.133. The molecule has 0 fully saturated rings. The molecule has 2 nitrogen and oxygen atoms in total. The van der Waals surface area contributed by atoms with Crippen molar-refractivity contribution < 1.29 is 4.79 Å². The molecule has 2 aromatic rings.